The van der Waals surface area contributed by atoms with Crippen molar-refractivity contribution in [1.82, 2.24) is 9.47 Å². The molecule has 3 aromatic rings. The normalized spacial score (nSPS) is 18.7. The molecule has 0 unspecified atom stereocenters. The summed E-state index contributed by atoms with van der Waals surface area (Å²) in [6.45, 7) is 2.14. The van der Waals surface area contributed by atoms with Gasteiger partial charge in [-0.05, 0) is 35.4 Å². The predicted octanol–water partition coefficient (Wildman–Crippen LogP) is 4.41. The molecule has 1 atom stereocenters. The minimum atomic E-state index is 0.226. The molecule has 2 aromatic heterocycles. The Bertz CT molecular complexity index is 825. The van der Waals surface area contributed by atoms with Crippen molar-refractivity contribution in [3.05, 3.63) is 58.9 Å². The number of carbonyl (C=O) groups excluding carboxylic acids is 1. The Morgan fingerprint density at radius 3 is 2.92 bits per heavy atom. The first kappa shape index (κ1) is 15.8. The summed E-state index contributed by atoms with van der Waals surface area (Å²) in [4.78, 5) is 16.2. The summed E-state index contributed by atoms with van der Waals surface area (Å²) < 4.78 is 2.06. The smallest absolute Gasteiger partial charge is 0.242 e. The third kappa shape index (κ3) is 3.23. The Hall–Kier alpha value is -1.72. The summed E-state index contributed by atoms with van der Waals surface area (Å²) in [6.07, 6.45) is 3.06. The zero-order valence-electron chi connectivity index (χ0n) is 13.4. The second-order valence-electron chi connectivity index (χ2n) is 6.05. The molecule has 0 saturated carbocycles. The number of thioether (sulfide) groups is 1. The molecule has 24 heavy (non-hydrogen) atoms. The third-order valence-corrected chi connectivity index (χ3v) is 6.99. The third-order valence-electron chi connectivity index (χ3n) is 4.54. The highest BCUT2D eigenvalue weighted by molar-refractivity contribution is 7.99. The molecule has 0 aliphatic carbocycles. The van der Waals surface area contributed by atoms with Crippen molar-refractivity contribution in [1.29, 1.82) is 0 Å². The van der Waals surface area contributed by atoms with Crippen LogP contribution in [0.2, 0.25) is 0 Å². The largest absolute Gasteiger partial charge is 0.340 e. The van der Waals surface area contributed by atoms with Crippen molar-refractivity contribution < 1.29 is 4.79 Å². The first-order valence-corrected chi connectivity index (χ1v) is 10.2. The van der Waals surface area contributed by atoms with Gasteiger partial charge in [-0.3, -0.25) is 4.79 Å². The minimum Gasteiger partial charge on any atom is -0.340 e. The van der Waals surface area contributed by atoms with Crippen LogP contribution in [0, 0.1) is 0 Å². The molecule has 124 valence electrons. The Kier molecular flexibility index (Phi) is 4.63. The highest BCUT2D eigenvalue weighted by Crippen LogP contribution is 2.36. The lowest BCUT2D eigenvalue weighted by atomic mass is 10.2. The number of carbonyl (C=O) groups is 1. The van der Waals surface area contributed by atoms with Crippen LogP contribution in [0.4, 0.5) is 0 Å². The summed E-state index contributed by atoms with van der Waals surface area (Å²) in [5.41, 5.74) is 1.13. The summed E-state index contributed by atoms with van der Waals surface area (Å²) in [6, 6.07) is 14.6. The van der Waals surface area contributed by atoms with E-state index in [-0.39, 0.29) is 5.91 Å². The number of aromatic nitrogens is 1. The molecule has 1 aliphatic rings. The Morgan fingerprint density at radius 2 is 2.04 bits per heavy atom. The Morgan fingerprint density at radius 1 is 1.12 bits per heavy atom. The van der Waals surface area contributed by atoms with E-state index in [1.165, 1.54) is 10.3 Å². The molecule has 3 nitrogen and oxygen atoms in total. The van der Waals surface area contributed by atoms with E-state index in [0.29, 0.717) is 11.8 Å². The maximum absolute atomic E-state index is 12.8. The molecule has 0 radical (unpaired) electrons. The van der Waals surface area contributed by atoms with Crippen LogP contribution >= 0.6 is 23.1 Å². The summed E-state index contributed by atoms with van der Waals surface area (Å²) >= 11 is 3.81. The first-order chi connectivity index (χ1) is 11.8. The lowest BCUT2D eigenvalue weighted by molar-refractivity contribution is -0.131. The van der Waals surface area contributed by atoms with Crippen LogP contribution in [0.1, 0.15) is 16.5 Å². The molecular weight excluding hydrogens is 336 g/mol. The van der Waals surface area contributed by atoms with Gasteiger partial charge in [-0.15, -0.1) is 11.3 Å². The zero-order valence-corrected chi connectivity index (χ0v) is 15.1. The number of fused-ring (bicyclic) bond motifs is 1. The molecule has 4 rings (SSSR count). The molecule has 0 spiro atoms. The van der Waals surface area contributed by atoms with Crippen LogP contribution < -0.4 is 0 Å². The number of hydrogen-bond acceptors (Lipinski definition) is 3. The molecule has 0 N–H and O–H groups in total. The average molecular weight is 357 g/mol. The van der Waals surface area contributed by atoms with Gasteiger partial charge in [-0.1, -0.05) is 24.3 Å². The van der Waals surface area contributed by atoms with Gasteiger partial charge >= 0.3 is 0 Å². The van der Waals surface area contributed by atoms with Crippen LogP contribution in [0.5, 0.6) is 0 Å². The lowest BCUT2D eigenvalue weighted by Crippen LogP contribution is -2.35. The van der Waals surface area contributed by atoms with Crippen LogP contribution in [-0.4, -0.2) is 34.2 Å². The van der Waals surface area contributed by atoms with E-state index in [0.717, 1.165) is 30.8 Å². The van der Waals surface area contributed by atoms with Gasteiger partial charge in [0.1, 0.15) is 6.54 Å². The van der Waals surface area contributed by atoms with E-state index in [2.05, 4.69) is 40.3 Å². The number of para-hydroxylation sites is 1. The SMILES string of the molecule is O=C(Cn1ccc2ccccc21)N1CCS[C@@H](c2cccs2)CC1. The maximum Gasteiger partial charge on any atom is 0.242 e. The fourth-order valence-electron chi connectivity index (χ4n) is 3.25. The van der Waals surface area contributed by atoms with Crippen molar-refractivity contribution in [3.8, 4) is 0 Å². The number of hydrogen-bond donors (Lipinski definition) is 0. The molecule has 3 heterocycles. The topological polar surface area (TPSA) is 25.2 Å². The standard InChI is InChI=1S/C19H20N2OS2/c22-19(14-21-9-7-15-4-1-2-5-16(15)21)20-10-8-18(24-13-11-20)17-6-3-12-23-17/h1-7,9,12,18H,8,10-11,13-14H2/t18-/m1/s1. The molecule has 1 saturated heterocycles. The van der Waals surface area contributed by atoms with E-state index in [4.69, 9.17) is 0 Å². The summed E-state index contributed by atoms with van der Waals surface area (Å²) in [7, 11) is 0. The van der Waals surface area contributed by atoms with E-state index in [1.807, 2.05) is 46.3 Å². The van der Waals surface area contributed by atoms with E-state index in [1.54, 1.807) is 0 Å². The van der Waals surface area contributed by atoms with E-state index < -0.39 is 0 Å². The van der Waals surface area contributed by atoms with Gasteiger partial charge < -0.3 is 9.47 Å². The number of benzene rings is 1. The molecule has 1 fully saturated rings. The van der Waals surface area contributed by atoms with Gasteiger partial charge in [0.05, 0.1) is 0 Å². The van der Waals surface area contributed by atoms with Gasteiger partial charge in [0.2, 0.25) is 5.91 Å². The number of thiophene rings is 1. The summed E-state index contributed by atoms with van der Waals surface area (Å²) in [5.74, 6) is 1.24. The highest BCUT2D eigenvalue weighted by Gasteiger charge is 2.22. The molecule has 1 aromatic carbocycles. The van der Waals surface area contributed by atoms with Crippen molar-refractivity contribution >= 4 is 39.9 Å². The van der Waals surface area contributed by atoms with Gasteiger partial charge in [0, 0.05) is 40.7 Å². The summed E-state index contributed by atoms with van der Waals surface area (Å²) in [5, 5.41) is 3.87. The van der Waals surface area contributed by atoms with E-state index in [9.17, 15) is 4.79 Å². The fourth-order valence-corrected chi connectivity index (χ4v) is 5.48. The molecule has 5 heteroatoms. The predicted molar refractivity (Wildman–Crippen MR) is 103 cm³/mol. The van der Waals surface area contributed by atoms with Crippen LogP contribution in [0.25, 0.3) is 10.9 Å². The second kappa shape index (κ2) is 7.03. The average Bonchev–Trinajstić information content (AvgIpc) is 3.20. The molecular formula is C19H20N2OS2. The number of rotatable bonds is 3. The van der Waals surface area contributed by atoms with Crippen molar-refractivity contribution in [3.63, 3.8) is 0 Å². The van der Waals surface area contributed by atoms with Gasteiger partial charge in [0.15, 0.2) is 0 Å². The van der Waals surface area contributed by atoms with E-state index >= 15 is 0 Å². The molecule has 1 amide bonds. The maximum atomic E-state index is 12.8. The minimum absolute atomic E-state index is 0.226. The first-order valence-electron chi connectivity index (χ1n) is 8.28. The monoisotopic (exact) mass is 356 g/mol. The van der Waals surface area contributed by atoms with Gasteiger partial charge in [-0.2, -0.15) is 11.8 Å². The second-order valence-corrected chi connectivity index (χ2v) is 8.34. The Labute approximate surface area is 150 Å². The zero-order chi connectivity index (χ0) is 16.4. The van der Waals surface area contributed by atoms with Crippen LogP contribution in [-0.2, 0) is 11.3 Å². The Balaban J connectivity index is 1.43. The van der Waals surface area contributed by atoms with Crippen molar-refractivity contribution in [2.24, 2.45) is 0 Å². The lowest BCUT2D eigenvalue weighted by Gasteiger charge is -2.21. The van der Waals surface area contributed by atoms with Crippen LogP contribution in [0.15, 0.2) is 54.0 Å². The number of nitrogens with zero attached hydrogens (tertiary/aromatic N) is 2. The molecule has 0 bridgehead atoms. The van der Waals surface area contributed by atoms with Crippen molar-refractivity contribution in [2.75, 3.05) is 18.8 Å². The van der Waals surface area contributed by atoms with Crippen LogP contribution in [0.3, 0.4) is 0 Å². The number of amides is 1. The van der Waals surface area contributed by atoms with Crippen molar-refractivity contribution in [2.45, 2.75) is 18.2 Å². The quantitative estimate of drug-likeness (QED) is 0.694. The fraction of sp³-hybridized carbons (Fsp3) is 0.316. The van der Waals surface area contributed by atoms with Gasteiger partial charge in [0.25, 0.3) is 0 Å². The van der Waals surface area contributed by atoms with Gasteiger partial charge in [-0.25, -0.2) is 0 Å². The molecule has 1 aliphatic heterocycles. The highest BCUT2D eigenvalue weighted by atomic mass is 32.2.